The van der Waals surface area contributed by atoms with Gasteiger partial charge in [0.2, 0.25) is 31.6 Å². The van der Waals surface area contributed by atoms with E-state index in [4.69, 9.17) is 34.0 Å². The van der Waals surface area contributed by atoms with E-state index in [2.05, 4.69) is 125 Å². The number of amides is 4. The summed E-state index contributed by atoms with van der Waals surface area (Å²) < 4.78 is 146. The first-order valence-corrected chi connectivity index (χ1v) is 44.2. The molecule has 0 unspecified atom stereocenters. The van der Waals surface area contributed by atoms with Crippen molar-refractivity contribution in [1.29, 1.82) is 0 Å². The van der Waals surface area contributed by atoms with E-state index in [1.54, 1.807) is 26.8 Å². The van der Waals surface area contributed by atoms with Gasteiger partial charge in [0.05, 0.1) is 83.1 Å². The molecule has 4 amide bonds. The first-order chi connectivity index (χ1) is 53.3. The van der Waals surface area contributed by atoms with Gasteiger partial charge in [-0.15, -0.1) is 0 Å². The fourth-order valence-electron chi connectivity index (χ4n) is 13.4. The van der Waals surface area contributed by atoms with Gasteiger partial charge >= 0.3 is 6.09 Å². The Morgan fingerprint density at radius 2 is 1.13 bits per heavy atom. The van der Waals surface area contributed by atoms with Gasteiger partial charge in [-0.3, -0.25) is 14.4 Å². The number of hydrogen-bond donors (Lipinski definition) is 6. The molecule has 0 saturated heterocycles. The van der Waals surface area contributed by atoms with Crippen molar-refractivity contribution in [2.75, 3.05) is 103 Å². The highest BCUT2D eigenvalue weighted by atomic mass is 32.2. The number of fused-ring (bicyclic) bond motifs is 2. The number of unbranched alkanes of at least 4 members (excludes halogenated alkanes) is 4. The monoisotopic (exact) mass is 1640 g/mol. The van der Waals surface area contributed by atoms with Gasteiger partial charge in [-0.05, 0) is 199 Å². The fourth-order valence-corrected chi connectivity index (χ4v) is 15.5. The predicted molar refractivity (Wildman–Crippen MR) is 433 cm³/mol. The number of primary sulfonamides is 2. The van der Waals surface area contributed by atoms with Crippen LogP contribution in [-0.4, -0.2) is 180 Å². The highest BCUT2D eigenvalue weighted by Gasteiger charge is 2.45. The minimum atomic E-state index is -4.75. The lowest BCUT2D eigenvalue weighted by atomic mass is 9.79. The van der Waals surface area contributed by atoms with Gasteiger partial charge in [0, 0.05) is 97.0 Å². The van der Waals surface area contributed by atoms with E-state index in [9.17, 15) is 62.0 Å². The molecule has 0 fully saturated rings. The lowest BCUT2D eigenvalue weighted by Crippen LogP contribution is -2.34. The van der Waals surface area contributed by atoms with Crippen LogP contribution in [0.25, 0.3) is 5.57 Å². The molecule has 8 rings (SSSR count). The summed E-state index contributed by atoms with van der Waals surface area (Å²) in [5, 5.41) is 21.0. The average Bonchev–Trinajstić information content (AvgIpc) is 1.59. The molecule has 31 heteroatoms. The van der Waals surface area contributed by atoms with Crippen molar-refractivity contribution < 1.29 is 90.2 Å². The smallest absolute Gasteiger partial charge is 0.407 e. The van der Waals surface area contributed by atoms with Crippen molar-refractivity contribution >= 4 is 86.8 Å². The third-order valence-electron chi connectivity index (χ3n) is 19.2. The van der Waals surface area contributed by atoms with Crippen molar-refractivity contribution in [1.82, 2.24) is 21.3 Å². The number of carbonyl (C=O) groups is 4. The molecular formula is C82H111N8O19S4-. The summed E-state index contributed by atoms with van der Waals surface area (Å²) in [6.45, 7) is 23.3. The van der Waals surface area contributed by atoms with Crippen molar-refractivity contribution in [2.45, 2.75) is 170 Å². The maximum atomic E-state index is 12.7. The van der Waals surface area contributed by atoms with E-state index in [1.807, 2.05) is 13.8 Å². The molecule has 5 aromatic rings. The van der Waals surface area contributed by atoms with E-state index in [0.29, 0.717) is 102 Å². The van der Waals surface area contributed by atoms with Gasteiger partial charge in [0.1, 0.15) is 22.3 Å². The molecule has 0 saturated carbocycles. The Morgan fingerprint density at radius 1 is 0.584 bits per heavy atom. The summed E-state index contributed by atoms with van der Waals surface area (Å²) in [7, 11) is -16.8. The number of anilines is 1. The molecule has 5 aromatic carbocycles. The molecular weight excluding hydrogens is 1530 g/mol. The number of hydrogen-bond acceptors (Lipinski definition) is 20. The lowest BCUT2D eigenvalue weighted by Gasteiger charge is -2.28. The number of nitrogens with two attached hydrogens (primary N) is 2. The standard InChI is InChI=1S/C64H83N5O12S3.C18H29N3O7S/c1-7-8-11-37-68-56-31-19-46(2)44-54(56)63(3,4)58(68)33-26-48-16-14-17-49(27-34-59-64(5,6)55-45-53(84(77,78)79)30-32-57(55)69(59)38-12-13-43-82(72,73)74)61(48)50-22-20-47(21-23-50)15-9-10-18-60(70)66-35-39-80-41-42-81-40-36-67-62(71)51-24-28-52(29-25-51)83(65,75)76;1-18(2,3)28-17(23)21-9-11-27-13-12-26-10-8-20-16(22)14-4-6-15(7-5-14)29(19,24)25/h19-34,44-45H,7-18,35-43H2,1-6H3,(H5-,65,66,67,70,71,72,73,74,75,76,77,78,79);4-7H,8-13H2,1-3H3,(H,20,22)(H,21,23)(H2,19,24,25)/p-1. The molecule has 0 atom stereocenters. The van der Waals surface area contributed by atoms with Crippen molar-refractivity contribution in [3.05, 3.63) is 189 Å². The van der Waals surface area contributed by atoms with Crippen LogP contribution in [0.3, 0.4) is 0 Å². The minimum absolute atomic E-state index is 0.0515. The van der Waals surface area contributed by atoms with Crippen molar-refractivity contribution in [3.63, 3.8) is 0 Å². The van der Waals surface area contributed by atoms with E-state index in [1.165, 1.54) is 88.7 Å². The van der Waals surface area contributed by atoms with Crippen LogP contribution in [0.4, 0.5) is 16.2 Å². The molecule has 2 aliphatic heterocycles. The second kappa shape index (κ2) is 42.3. The molecule has 0 spiro atoms. The Labute approximate surface area is 667 Å². The van der Waals surface area contributed by atoms with E-state index < -0.39 is 63.1 Å². The zero-order chi connectivity index (χ0) is 82.8. The summed E-state index contributed by atoms with van der Waals surface area (Å²) in [6, 6.07) is 30.5. The van der Waals surface area contributed by atoms with Crippen LogP contribution < -0.4 is 36.4 Å². The zero-order valence-corrected chi connectivity index (χ0v) is 69.5. The second-order valence-corrected chi connectivity index (χ2v) is 35.9. The summed E-state index contributed by atoms with van der Waals surface area (Å²) in [4.78, 5) is 50.4. The molecule has 0 bridgehead atoms. The Morgan fingerprint density at radius 3 is 1.66 bits per heavy atom. The Balaban J connectivity index is 0.000000513. The van der Waals surface area contributed by atoms with Gasteiger partial charge < -0.3 is 59.0 Å². The highest BCUT2D eigenvalue weighted by molar-refractivity contribution is 7.89. The van der Waals surface area contributed by atoms with Crippen LogP contribution in [-0.2, 0) is 86.0 Å². The van der Waals surface area contributed by atoms with Crippen molar-refractivity contribution in [3.8, 4) is 0 Å². The van der Waals surface area contributed by atoms with E-state index in [0.717, 1.165) is 91.6 Å². The fraction of sp³-hybridized carbons (Fsp3) is 0.476. The normalized spacial score (nSPS) is 15.6. The topological polar surface area (TPSA) is 404 Å². The van der Waals surface area contributed by atoms with Gasteiger partial charge in [0.25, 0.3) is 11.8 Å². The highest BCUT2D eigenvalue weighted by Crippen LogP contribution is 2.49. The van der Waals surface area contributed by atoms with Crippen LogP contribution in [0.2, 0.25) is 0 Å². The van der Waals surface area contributed by atoms with Gasteiger partial charge in [-0.25, -0.2) is 48.7 Å². The summed E-state index contributed by atoms with van der Waals surface area (Å²) >= 11 is 0. The van der Waals surface area contributed by atoms with E-state index >= 15 is 0 Å². The summed E-state index contributed by atoms with van der Waals surface area (Å²) in [5.74, 6) is -1.26. The maximum Gasteiger partial charge on any atom is 0.407 e. The molecule has 2 heterocycles. The van der Waals surface area contributed by atoms with Gasteiger partial charge in [-0.1, -0.05) is 87.7 Å². The quantitative estimate of drug-likeness (QED) is 0.0120. The molecule has 8 N–H and O–H groups in total. The molecule has 3 aliphatic rings. The van der Waals surface area contributed by atoms with Gasteiger partial charge in [0.15, 0.2) is 5.71 Å². The van der Waals surface area contributed by atoms with Crippen LogP contribution in [0.1, 0.15) is 175 Å². The van der Waals surface area contributed by atoms with Gasteiger partial charge in [-0.2, -0.15) is 4.58 Å². The molecule has 27 nitrogen and oxygen atoms in total. The number of aryl methyl sites for hydroxylation is 2. The first-order valence-electron chi connectivity index (χ1n) is 38.1. The first kappa shape index (κ1) is 91.9. The maximum absolute atomic E-state index is 12.7. The number of alkyl carbamates (subject to hydrolysis) is 1. The van der Waals surface area contributed by atoms with Crippen LogP contribution in [0.5, 0.6) is 0 Å². The largest absolute Gasteiger partial charge is 0.748 e. The Hall–Kier alpha value is -8.31. The number of carbonyl (C=O) groups excluding carboxylic acids is 4. The number of nitrogens with zero attached hydrogens (tertiary/aromatic N) is 2. The third-order valence-corrected chi connectivity index (χ3v) is 22.7. The molecule has 618 valence electrons. The summed E-state index contributed by atoms with van der Waals surface area (Å²) in [6.07, 6.45) is 17.5. The van der Waals surface area contributed by atoms with Crippen LogP contribution in [0.15, 0.2) is 165 Å². The Bertz CT molecular complexity index is 4740. The predicted octanol–water partition coefficient (Wildman–Crippen LogP) is 10.2. The molecule has 1 aliphatic carbocycles. The number of sulfonamides is 2. The molecule has 0 radical (unpaired) electrons. The average molecular weight is 1640 g/mol. The van der Waals surface area contributed by atoms with Crippen molar-refractivity contribution in [2.24, 2.45) is 10.3 Å². The number of rotatable bonds is 41. The van der Waals surface area contributed by atoms with Crippen LogP contribution in [0, 0.1) is 6.92 Å². The SMILES string of the molecule is CC(C)(C)OC(=O)NCCOCCOCCNC(=O)c1ccc(S(N)(=O)=O)cc1.CCCCCN1/C(=C/C=C2\CCCC(/C=C/C3=[N+](CCCCS(=O)(=O)[O-])c4ccc(S(=O)(=O)[O-])cc4C3(C)C)=C2c2ccc(CCCCC(=O)NCCOCCOCCNC(=O)c3ccc(S(N)(=O)=O)cc3)cc2)C(C)(C)c2cc(C)ccc21. The Kier molecular flexibility index (Phi) is 34.4. The number of ether oxygens (including phenoxy) is 5. The van der Waals surface area contributed by atoms with E-state index in [-0.39, 0.29) is 63.9 Å². The molecule has 0 aromatic heterocycles. The lowest BCUT2D eigenvalue weighted by molar-refractivity contribution is -0.438. The third kappa shape index (κ3) is 28.9. The minimum Gasteiger partial charge on any atom is -0.748 e. The number of benzene rings is 5. The summed E-state index contributed by atoms with van der Waals surface area (Å²) in [5.41, 5.74) is 12.1. The zero-order valence-electron chi connectivity index (χ0n) is 66.2. The molecule has 113 heavy (non-hydrogen) atoms. The second-order valence-electron chi connectivity index (χ2n) is 29.9. The number of allylic oxidation sites excluding steroid dienone is 8. The van der Waals surface area contributed by atoms with Crippen LogP contribution >= 0.6 is 0 Å². The number of nitrogens with one attached hydrogen (secondary N) is 4.